The second kappa shape index (κ2) is 2.39. The molecule has 11 heavy (non-hydrogen) atoms. The van der Waals surface area contributed by atoms with E-state index in [1.54, 1.807) is 5.30 Å². The Bertz CT molecular complexity index is 385. The SMILES string of the molecule is Cc1cc2ccccp2c1C. The number of fused-ring (bicyclic) bond motifs is 1. The molecular formula is C10H11P. The number of hydrogen-bond donors (Lipinski definition) is 0. The van der Waals surface area contributed by atoms with Gasteiger partial charge in [-0.25, -0.2) is 0 Å². The van der Waals surface area contributed by atoms with Gasteiger partial charge in [0.05, 0.1) is 0 Å². The highest BCUT2D eigenvalue weighted by atomic mass is 31.1. The first-order valence-corrected chi connectivity index (χ1v) is 5.23. The molecule has 0 saturated heterocycles. The molecular weight excluding hydrogens is 151 g/mol. The number of aryl methyl sites for hydroxylation is 2. The van der Waals surface area contributed by atoms with Crippen LogP contribution in [0, 0.1) is 13.8 Å². The van der Waals surface area contributed by atoms with Gasteiger partial charge in [-0.15, -0.1) is 0 Å². The molecule has 0 radical (unpaired) electrons. The van der Waals surface area contributed by atoms with E-state index in [0.717, 1.165) is 0 Å². The molecule has 0 nitrogen and oxygen atoms in total. The zero-order valence-corrected chi connectivity index (χ0v) is 7.73. The van der Waals surface area contributed by atoms with Crippen LogP contribution in [0.2, 0.25) is 0 Å². The van der Waals surface area contributed by atoms with Gasteiger partial charge in [0.15, 0.2) is 0 Å². The Labute approximate surface area is 67.9 Å². The van der Waals surface area contributed by atoms with Crippen molar-refractivity contribution in [1.29, 1.82) is 0 Å². The number of rotatable bonds is 0. The normalized spacial score (nSPS) is 12.4. The fraction of sp³-hybridized carbons (Fsp3) is 0.200. The highest BCUT2D eigenvalue weighted by Crippen LogP contribution is 2.38. The van der Waals surface area contributed by atoms with Crippen molar-refractivity contribution in [3.8, 4) is 0 Å². The minimum absolute atomic E-state index is 0.0468. The van der Waals surface area contributed by atoms with Gasteiger partial charge in [0.2, 0.25) is 0 Å². The van der Waals surface area contributed by atoms with E-state index < -0.39 is 0 Å². The average molecular weight is 162 g/mol. The van der Waals surface area contributed by atoms with Crippen molar-refractivity contribution in [2.24, 2.45) is 0 Å². The van der Waals surface area contributed by atoms with Gasteiger partial charge in [-0.05, 0) is 41.7 Å². The standard InChI is InChI=1S/C10H11P/c1-8-7-10-5-3-4-6-11(10)9(8)2/h3-7H,1-2H3. The topological polar surface area (TPSA) is 0 Å². The minimum atomic E-state index is -0.0468. The van der Waals surface area contributed by atoms with Gasteiger partial charge in [0.1, 0.15) is 0 Å². The summed E-state index contributed by atoms with van der Waals surface area (Å²) in [5.41, 5.74) is 1.46. The molecule has 56 valence electrons. The van der Waals surface area contributed by atoms with Crippen LogP contribution in [0.1, 0.15) is 10.9 Å². The molecule has 0 aliphatic carbocycles. The lowest BCUT2D eigenvalue weighted by Gasteiger charge is -1.91. The molecule has 1 heteroatoms. The molecule has 0 fully saturated rings. The third kappa shape index (κ3) is 0.985. The molecule has 2 aromatic heterocycles. The zero-order chi connectivity index (χ0) is 7.84. The second-order valence-corrected chi connectivity index (χ2v) is 5.13. The third-order valence-corrected chi connectivity index (χ3v) is 4.57. The molecule has 0 bridgehead atoms. The fourth-order valence-corrected chi connectivity index (χ4v) is 3.47. The summed E-state index contributed by atoms with van der Waals surface area (Å²) in [6, 6.07) is 8.81. The van der Waals surface area contributed by atoms with Gasteiger partial charge >= 0.3 is 0 Å². The van der Waals surface area contributed by atoms with Crippen molar-refractivity contribution in [1.82, 2.24) is 0 Å². The van der Waals surface area contributed by atoms with E-state index >= 15 is 0 Å². The van der Waals surface area contributed by atoms with Crippen LogP contribution < -0.4 is 0 Å². The fourth-order valence-electron chi connectivity index (χ4n) is 1.40. The van der Waals surface area contributed by atoms with Crippen molar-refractivity contribution < 1.29 is 0 Å². The summed E-state index contributed by atoms with van der Waals surface area (Å²) >= 11 is 0. The van der Waals surface area contributed by atoms with Crippen molar-refractivity contribution in [3.63, 3.8) is 0 Å². The van der Waals surface area contributed by atoms with Gasteiger partial charge in [0, 0.05) is 0 Å². The van der Waals surface area contributed by atoms with Gasteiger partial charge in [-0.3, -0.25) is 0 Å². The molecule has 1 atom stereocenters. The first-order chi connectivity index (χ1) is 5.29. The predicted molar refractivity (Wildman–Crippen MR) is 51.6 cm³/mol. The lowest BCUT2D eigenvalue weighted by Crippen LogP contribution is -1.62. The van der Waals surface area contributed by atoms with E-state index in [2.05, 4.69) is 43.9 Å². The summed E-state index contributed by atoms with van der Waals surface area (Å²) in [4.78, 5) is 0. The van der Waals surface area contributed by atoms with Gasteiger partial charge in [-0.1, -0.05) is 25.5 Å². The Morgan fingerprint density at radius 2 is 2.00 bits per heavy atom. The lowest BCUT2D eigenvalue weighted by atomic mass is 10.3. The van der Waals surface area contributed by atoms with Gasteiger partial charge in [-0.2, -0.15) is 0 Å². The van der Waals surface area contributed by atoms with Crippen LogP contribution in [-0.4, -0.2) is 0 Å². The molecule has 0 saturated carbocycles. The first kappa shape index (κ1) is 6.94. The smallest absolute Gasteiger partial charge is 0.00165 e. The zero-order valence-electron chi connectivity index (χ0n) is 6.83. The predicted octanol–water partition coefficient (Wildman–Crippen LogP) is 3.74. The average Bonchev–Trinajstić information content (AvgIpc) is 2.30. The largest absolute Gasteiger partial charge is 0.0901 e. The van der Waals surface area contributed by atoms with Crippen molar-refractivity contribution in [2.45, 2.75) is 13.8 Å². The van der Waals surface area contributed by atoms with Crippen LogP contribution in [0.4, 0.5) is 0 Å². The van der Waals surface area contributed by atoms with E-state index in [1.807, 2.05) is 0 Å². The summed E-state index contributed by atoms with van der Waals surface area (Å²) in [5.74, 6) is 2.33. The molecule has 0 aliphatic rings. The van der Waals surface area contributed by atoms with Crippen LogP contribution in [0.25, 0.3) is 5.12 Å². The minimum Gasteiger partial charge on any atom is -0.0901 e. The van der Waals surface area contributed by atoms with Crippen molar-refractivity contribution in [3.05, 3.63) is 40.9 Å². The maximum atomic E-state index is 2.33. The highest BCUT2D eigenvalue weighted by molar-refractivity contribution is 7.51. The molecule has 0 amide bonds. The quantitative estimate of drug-likeness (QED) is 0.553. The molecule has 0 aromatic carbocycles. The Morgan fingerprint density at radius 1 is 1.18 bits per heavy atom. The molecule has 0 aliphatic heterocycles. The van der Waals surface area contributed by atoms with Crippen molar-refractivity contribution in [2.75, 3.05) is 0 Å². The second-order valence-electron chi connectivity index (χ2n) is 2.91. The lowest BCUT2D eigenvalue weighted by molar-refractivity contribution is 1.45. The Balaban J connectivity index is 2.92. The van der Waals surface area contributed by atoms with E-state index in [0.29, 0.717) is 0 Å². The first-order valence-electron chi connectivity index (χ1n) is 3.82. The van der Waals surface area contributed by atoms with E-state index in [1.165, 1.54) is 10.7 Å². The molecule has 2 aromatic rings. The van der Waals surface area contributed by atoms with E-state index in [4.69, 9.17) is 0 Å². The Hall–Kier alpha value is -0.740. The molecule has 0 spiro atoms. The summed E-state index contributed by atoms with van der Waals surface area (Å²) in [6.07, 6.45) is 0. The summed E-state index contributed by atoms with van der Waals surface area (Å²) in [7, 11) is -0.0468. The Morgan fingerprint density at radius 3 is 2.73 bits per heavy atom. The summed E-state index contributed by atoms with van der Waals surface area (Å²) in [5, 5.41) is 3.08. The maximum absolute atomic E-state index is 2.33. The molecule has 2 heterocycles. The van der Waals surface area contributed by atoms with Gasteiger partial charge in [0.25, 0.3) is 0 Å². The summed E-state index contributed by atoms with van der Waals surface area (Å²) < 4.78 is 0. The third-order valence-electron chi connectivity index (χ3n) is 2.19. The molecule has 0 N–H and O–H groups in total. The van der Waals surface area contributed by atoms with Crippen LogP contribution >= 0.6 is 7.34 Å². The highest BCUT2D eigenvalue weighted by Gasteiger charge is 1.99. The Kier molecular flexibility index (Phi) is 1.51. The number of hydrogen-bond acceptors (Lipinski definition) is 0. The monoisotopic (exact) mass is 162 g/mol. The molecule has 2 rings (SSSR count). The molecule has 1 unspecified atom stereocenters. The van der Waals surface area contributed by atoms with Crippen LogP contribution in [0.3, 0.4) is 0 Å². The summed E-state index contributed by atoms with van der Waals surface area (Å²) in [6.45, 7) is 4.44. The van der Waals surface area contributed by atoms with Crippen molar-refractivity contribution >= 4 is 12.5 Å². The van der Waals surface area contributed by atoms with Gasteiger partial charge < -0.3 is 0 Å². The van der Waals surface area contributed by atoms with Crippen LogP contribution in [-0.2, 0) is 0 Å². The maximum Gasteiger partial charge on any atom is -0.00165 e. The van der Waals surface area contributed by atoms with E-state index in [-0.39, 0.29) is 7.34 Å². The van der Waals surface area contributed by atoms with E-state index in [9.17, 15) is 0 Å². The van der Waals surface area contributed by atoms with Crippen LogP contribution in [0.15, 0.2) is 30.1 Å². The van der Waals surface area contributed by atoms with Crippen LogP contribution in [0.5, 0.6) is 0 Å².